The van der Waals surface area contributed by atoms with E-state index in [0.29, 0.717) is 32.2 Å². The SMILES string of the molecule is CCCC1(C(=O)O)CCCN1C(=O)CCc1c(C)noc1C. The maximum absolute atomic E-state index is 12.6. The lowest BCUT2D eigenvalue weighted by Crippen LogP contribution is -2.53. The van der Waals surface area contributed by atoms with Gasteiger partial charge >= 0.3 is 5.97 Å². The van der Waals surface area contributed by atoms with E-state index in [4.69, 9.17) is 4.52 Å². The monoisotopic (exact) mass is 308 g/mol. The van der Waals surface area contributed by atoms with Crippen molar-refractivity contribution in [3.05, 3.63) is 17.0 Å². The molecular weight excluding hydrogens is 284 g/mol. The van der Waals surface area contributed by atoms with Gasteiger partial charge in [-0.25, -0.2) is 4.79 Å². The lowest BCUT2D eigenvalue weighted by molar-refractivity contribution is -0.157. The van der Waals surface area contributed by atoms with Crippen molar-refractivity contribution in [2.45, 2.75) is 64.8 Å². The quantitative estimate of drug-likeness (QED) is 0.872. The zero-order valence-corrected chi connectivity index (χ0v) is 13.5. The van der Waals surface area contributed by atoms with Gasteiger partial charge in [0.15, 0.2) is 0 Å². The summed E-state index contributed by atoms with van der Waals surface area (Å²) in [6.07, 6.45) is 3.40. The number of hydrogen-bond donors (Lipinski definition) is 1. The summed E-state index contributed by atoms with van der Waals surface area (Å²) in [6, 6.07) is 0. The first-order valence-corrected chi connectivity index (χ1v) is 7.88. The second-order valence-electron chi connectivity index (χ2n) is 6.04. The van der Waals surface area contributed by atoms with Crippen LogP contribution in [0.1, 0.15) is 56.0 Å². The summed E-state index contributed by atoms with van der Waals surface area (Å²) in [5.74, 6) is -0.240. The minimum absolute atomic E-state index is 0.0895. The van der Waals surface area contributed by atoms with E-state index >= 15 is 0 Å². The Morgan fingerprint density at radius 1 is 1.41 bits per heavy atom. The molecule has 6 nitrogen and oxygen atoms in total. The summed E-state index contributed by atoms with van der Waals surface area (Å²) in [5.41, 5.74) is 0.735. The van der Waals surface area contributed by atoms with E-state index < -0.39 is 11.5 Å². The third-order valence-electron chi connectivity index (χ3n) is 4.62. The van der Waals surface area contributed by atoms with Crippen LogP contribution in [0, 0.1) is 13.8 Å². The smallest absolute Gasteiger partial charge is 0.329 e. The molecule has 0 aromatic carbocycles. The molecule has 1 aliphatic rings. The maximum atomic E-state index is 12.6. The fourth-order valence-corrected chi connectivity index (χ4v) is 3.47. The highest BCUT2D eigenvalue weighted by Crippen LogP contribution is 2.34. The normalized spacial score (nSPS) is 21.3. The zero-order chi connectivity index (χ0) is 16.3. The van der Waals surface area contributed by atoms with E-state index in [2.05, 4.69) is 5.16 Å². The van der Waals surface area contributed by atoms with Crippen LogP contribution in [0.25, 0.3) is 0 Å². The number of carboxylic acids is 1. The van der Waals surface area contributed by atoms with E-state index in [1.807, 2.05) is 20.8 Å². The number of carbonyl (C=O) groups excluding carboxylic acids is 1. The minimum Gasteiger partial charge on any atom is -0.479 e. The molecule has 1 fully saturated rings. The standard InChI is InChI=1S/C16H24N2O4/c1-4-8-16(15(20)21)9-5-10-18(16)14(19)7-6-13-11(2)17-22-12(13)3/h4-10H2,1-3H3,(H,20,21). The van der Waals surface area contributed by atoms with Gasteiger partial charge in [-0.1, -0.05) is 18.5 Å². The van der Waals surface area contributed by atoms with Gasteiger partial charge in [0.1, 0.15) is 11.3 Å². The van der Waals surface area contributed by atoms with Crippen LogP contribution in [0.3, 0.4) is 0 Å². The van der Waals surface area contributed by atoms with Gasteiger partial charge in [-0.15, -0.1) is 0 Å². The van der Waals surface area contributed by atoms with Gasteiger partial charge in [-0.3, -0.25) is 4.79 Å². The molecule has 2 heterocycles. The molecule has 1 aromatic rings. The summed E-state index contributed by atoms with van der Waals surface area (Å²) in [7, 11) is 0. The minimum atomic E-state index is -1.01. The van der Waals surface area contributed by atoms with Crippen molar-refractivity contribution in [3.63, 3.8) is 0 Å². The number of rotatable bonds is 6. The molecule has 1 saturated heterocycles. The molecule has 1 atom stereocenters. The second-order valence-corrected chi connectivity index (χ2v) is 6.04. The first kappa shape index (κ1) is 16.5. The number of carboxylic acid groups (broad SMARTS) is 1. The Morgan fingerprint density at radius 3 is 2.68 bits per heavy atom. The highest BCUT2D eigenvalue weighted by Gasteiger charge is 2.48. The first-order valence-electron chi connectivity index (χ1n) is 7.88. The van der Waals surface area contributed by atoms with Crippen LogP contribution in [-0.4, -0.2) is 39.1 Å². The van der Waals surface area contributed by atoms with E-state index in [-0.39, 0.29) is 5.91 Å². The van der Waals surface area contributed by atoms with Crippen LogP contribution in [0.5, 0.6) is 0 Å². The van der Waals surface area contributed by atoms with Crippen molar-refractivity contribution in [3.8, 4) is 0 Å². The number of aromatic nitrogens is 1. The summed E-state index contributed by atoms with van der Waals surface area (Å²) in [4.78, 5) is 25.9. The number of aliphatic carboxylic acids is 1. The van der Waals surface area contributed by atoms with Crippen LogP contribution in [0.15, 0.2) is 4.52 Å². The molecule has 2 rings (SSSR count). The molecule has 6 heteroatoms. The number of nitrogens with zero attached hydrogens (tertiary/aromatic N) is 2. The largest absolute Gasteiger partial charge is 0.479 e. The molecule has 1 N–H and O–H groups in total. The molecule has 0 aliphatic carbocycles. The molecule has 1 aliphatic heterocycles. The Bertz CT molecular complexity index is 547. The number of aryl methyl sites for hydroxylation is 2. The summed E-state index contributed by atoms with van der Waals surface area (Å²) in [5, 5.41) is 13.5. The topological polar surface area (TPSA) is 83.6 Å². The zero-order valence-electron chi connectivity index (χ0n) is 13.5. The summed E-state index contributed by atoms with van der Waals surface area (Å²) in [6.45, 7) is 6.17. The summed E-state index contributed by atoms with van der Waals surface area (Å²) >= 11 is 0. The molecule has 1 amide bonds. The average molecular weight is 308 g/mol. The van der Waals surface area contributed by atoms with Crippen molar-refractivity contribution in [2.75, 3.05) is 6.54 Å². The third kappa shape index (κ3) is 2.87. The Kier molecular flexibility index (Phi) is 4.88. The Balaban J connectivity index is 2.09. The fraction of sp³-hybridized carbons (Fsp3) is 0.688. The van der Waals surface area contributed by atoms with Gasteiger partial charge in [0.25, 0.3) is 0 Å². The number of hydrogen-bond acceptors (Lipinski definition) is 4. The van der Waals surface area contributed by atoms with Gasteiger partial charge in [-0.2, -0.15) is 0 Å². The van der Waals surface area contributed by atoms with Crippen molar-refractivity contribution < 1.29 is 19.2 Å². The van der Waals surface area contributed by atoms with Crippen molar-refractivity contribution in [1.82, 2.24) is 10.1 Å². The maximum Gasteiger partial charge on any atom is 0.329 e. The highest BCUT2D eigenvalue weighted by molar-refractivity contribution is 5.87. The molecule has 1 aromatic heterocycles. The van der Waals surface area contributed by atoms with Gasteiger partial charge in [-0.05, 0) is 39.5 Å². The Labute approximate surface area is 130 Å². The molecule has 122 valence electrons. The second kappa shape index (κ2) is 6.50. The number of carbonyl (C=O) groups is 2. The van der Waals surface area contributed by atoms with Gasteiger partial charge < -0.3 is 14.5 Å². The van der Waals surface area contributed by atoms with E-state index in [9.17, 15) is 14.7 Å². The van der Waals surface area contributed by atoms with E-state index in [1.165, 1.54) is 0 Å². The van der Waals surface area contributed by atoms with Crippen LogP contribution in [0.4, 0.5) is 0 Å². The van der Waals surface area contributed by atoms with Crippen LogP contribution in [0.2, 0.25) is 0 Å². The number of likely N-dealkylation sites (tertiary alicyclic amines) is 1. The van der Waals surface area contributed by atoms with Crippen molar-refractivity contribution in [2.24, 2.45) is 0 Å². The third-order valence-corrected chi connectivity index (χ3v) is 4.62. The molecule has 22 heavy (non-hydrogen) atoms. The molecule has 0 saturated carbocycles. The fourth-order valence-electron chi connectivity index (χ4n) is 3.47. The van der Waals surface area contributed by atoms with Crippen LogP contribution < -0.4 is 0 Å². The Hall–Kier alpha value is -1.85. The van der Waals surface area contributed by atoms with Crippen LogP contribution >= 0.6 is 0 Å². The van der Waals surface area contributed by atoms with Gasteiger partial charge in [0.2, 0.25) is 5.91 Å². The molecular formula is C16H24N2O4. The van der Waals surface area contributed by atoms with Gasteiger partial charge in [0, 0.05) is 18.5 Å². The number of amides is 1. The predicted octanol–water partition coefficient (Wildman–Crippen LogP) is 2.47. The molecule has 0 radical (unpaired) electrons. The molecule has 0 bridgehead atoms. The van der Waals surface area contributed by atoms with E-state index in [0.717, 1.165) is 29.9 Å². The summed E-state index contributed by atoms with van der Waals surface area (Å²) < 4.78 is 5.10. The van der Waals surface area contributed by atoms with E-state index in [1.54, 1.807) is 4.90 Å². The van der Waals surface area contributed by atoms with Crippen molar-refractivity contribution >= 4 is 11.9 Å². The Morgan fingerprint density at radius 2 is 2.14 bits per heavy atom. The highest BCUT2D eigenvalue weighted by atomic mass is 16.5. The average Bonchev–Trinajstić information content (AvgIpc) is 3.03. The lowest BCUT2D eigenvalue weighted by atomic mass is 9.90. The first-order chi connectivity index (χ1) is 10.4. The predicted molar refractivity (Wildman–Crippen MR) is 80.5 cm³/mol. The van der Waals surface area contributed by atoms with Gasteiger partial charge in [0.05, 0.1) is 5.69 Å². The van der Waals surface area contributed by atoms with Crippen molar-refractivity contribution in [1.29, 1.82) is 0 Å². The lowest BCUT2D eigenvalue weighted by Gasteiger charge is -2.34. The van der Waals surface area contributed by atoms with Crippen LogP contribution in [-0.2, 0) is 16.0 Å². The molecule has 1 unspecified atom stereocenters. The molecule has 0 spiro atoms.